The Balaban J connectivity index is 1.87. The second kappa shape index (κ2) is 9.12. The largest absolute Gasteiger partial charge is 0.481 e. The summed E-state index contributed by atoms with van der Waals surface area (Å²) in [4.78, 5) is 24.5. The van der Waals surface area contributed by atoms with Gasteiger partial charge in [0.2, 0.25) is 5.91 Å². The van der Waals surface area contributed by atoms with Crippen LogP contribution in [0.2, 0.25) is 0 Å². The van der Waals surface area contributed by atoms with Crippen molar-refractivity contribution in [2.24, 2.45) is 0 Å². The summed E-state index contributed by atoms with van der Waals surface area (Å²) in [7, 11) is 0. The van der Waals surface area contributed by atoms with Gasteiger partial charge in [-0.15, -0.1) is 0 Å². The maximum Gasteiger partial charge on any atom is 0.261 e. The maximum absolute atomic E-state index is 12.3. The van der Waals surface area contributed by atoms with Gasteiger partial charge in [-0.3, -0.25) is 9.59 Å². The van der Waals surface area contributed by atoms with E-state index in [2.05, 4.69) is 31.4 Å². The molecule has 0 saturated carbocycles. The average molecular weight is 397 g/mol. The van der Waals surface area contributed by atoms with E-state index in [4.69, 9.17) is 4.74 Å². The standard InChI is InChI=1S/C24H32N2O3/c1-15-12-16(2)22(17(3)13-15)26-21(27)14-25-23(28)18(4)29-20-10-8-19(9-11-20)24(5,6)7/h8-13,18H,14H2,1-7H3,(H,25,28)(H,26,27). The van der Waals surface area contributed by atoms with Crippen LogP contribution >= 0.6 is 0 Å². The van der Waals surface area contributed by atoms with Crippen LogP contribution in [0.3, 0.4) is 0 Å². The summed E-state index contributed by atoms with van der Waals surface area (Å²) in [5.41, 5.74) is 5.18. The summed E-state index contributed by atoms with van der Waals surface area (Å²) in [5, 5.41) is 5.51. The molecule has 0 bridgehead atoms. The van der Waals surface area contributed by atoms with Crippen molar-refractivity contribution in [3.8, 4) is 5.75 Å². The molecule has 0 spiro atoms. The zero-order valence-electron chi connectivity index (χ0n) is 18.5. The lowest BCUT2D eigenvalue weighted by molar-refractivity contribution is -0.129. The van der Waals surface area contributed by atoms with Crippen LogP contribution in [0.15, 0.2) is 36.4 Å². The molecular weight excluding hydrogens is 364 g/mol. The summed E-state index contributed by atoms with van der Waals surface area (Å²) in [6, 6.07) is 11.8. The van der Waals surface area contributed by atoms with E-state index in [0.29, 0.717) is 5.75 Å². The normalized spacial score (nSPS) is 12.2. The van der Waals surface area contributed by atoms with Crippen molar-refractivity contribution in [2.75, 3.05) is 11.9 Å². The van der Waals surface area contributed by atoms with Crippen LogP contribution in [-0.2, 0) is 15.0 Å². The predicted octanol–water partition coefficient (Wildman–Crippen LogP) is 4.43. The summed E-state index contributed by atoms with van der Waals surface area (Å²) >= 11 is 0. The Labute approximate surface area is 173 Å². The van der Waals surface area contributed by atoms with Crippen LogP contribution in [0.4, 0.5) is 5.69 Å². The lowest BCUT2D eigenvalue weighted by atomic mass is 9.87. The third-order valence-electron chi connectivity index (χ3n) is 4.77. The minimum Gasteiger partial charge on any atom is -0.481 e. The van der Waals surface area contributed by atoms with Gasteiger partial charge in [0.05, 0.1) is 6.54 Å². The fourth-order valence-corrected chi connectivity index (χ4v) is 3.16. The topological polar surface area (TPSA) is 67.4 Å². The Bertz CT molecular complexity index is 857. The van der Waals surface area contributed by atoms with Gasteiger partial charge in [-0.1, -0.05) is 50.6 Å². The van der Waals surface area contributed by atoms with Crippen LogP contribution < -0.4 is 15.4 Å². The summed E-state index contributed by atoms with van der Waals surface area (Å²) in [6.07, 6.45) is -0.703. The van der Waals surface area contributed by atoms with E-state index in [1.807, 2.05) is 57.2 Å². The molecule has 0 radical (unpaired) electrons. The van der Waals surface area contributed by atoms with Gasteiger partial charge in [-0.05, 0) is 61.9 Å². The molecule has 0 aliphatic heterocycles. The molecule has 2 amide bonds. The second-order valence-electron chi connectivity index (χ2n) is 8.57. The first-order chi connectivity index (χ1) is 13.5. The highest BCUT2D eigenvalue weighted by Gasteiger charge is 2.17. The van der Waals surface area contributed by atoms with Gasteiger partial charge >= 0.3 is 0 Å². The molecule has 29 heavy (non-hydrogen) atoms. The third kappa shape index (κ3) is 6.34. The molecule has 0 heterocycles. The van der Waals surface area contributed by atoms with Gasteiger partial charge in [-0.2, -0.15) is 0 Å². The number of amides is 2. The molecule has 1 unspecified atom stereocenters. The van der Waals surface area contributed by atoms with Gasteiger partial charge < -0.3 is 15.4 Å². The van der Waals surface area contributed by atoms with Crippen LogP contribution in [-0.4, -0.2) is 24.5 Å². The molecule has 2 N–H and O–H groups in total. The number of hydrogen-bond acceptors (Lipinski definition) is 3. The van der Waals surface area contributed by atoms with E-state index in [1.165, 1.54) is 5.56 Å². The molecule has 0 fully saturated rings. The zero-order valence-corrected chi connectivity index (χ0v) is 18.5. The van der Waals surface area contributed by atoms with Crippen molar-refractivity contribution in [1.29, 1.82) is 0 Å². The smallest absolute Gasteiger partial charge is 0.261 e. The molecule has 0 saturated heterocycles. The molecule has 156 valence electrons. The van der Waals surface area contributed by atoms with Crippen molar-refractivity contribution in [2.45, 2.75) is 60.0 Å². The van der Waals surface area contributed by atoms with Crippen LogP contribution in [0.1, 0.15) is 49.9 Å². The van der Waals surface area contributed by atoms with Crippen molar-refractivity contribution in [3.05, 3.63) is 58.7 Å². The summed E-state index contributed by atoms with van der Waals surface area (Å²) < 4.78 is 5.70. The minimum atomic E-state index is -0.703. The Morgan fingerprint density at radius 3 is 2.07 bits per heavy atom. The highest BCUT2D eigenvalue weighted by Crippen LogP contribution is 2.25. The van der Waals surface area contributed by atoms with Gasteiger partial charge in [0.1, 0.15) is 5.75 Å². The van der Waals surface area contributed by atoms with Crippen molar-refractivity contribution in [3.63, 3.8) is 0 Å². The van der Waals surface area contributed by atoms with Crippen molar-refractivity contribution < 1.29 is 14.3 Å². The molecular formula is C24H32N2O3. The van der Waals surface area contributed by atoms with Crippen LogP contribution in [0.5, 0.6) is 5.75 Å². The number of benzene rings is 2. The number of aryl methyl sites for hydroxylation is 3. The Kier molecular flexibility index (Phi) is 7.07. The van der Waals surface area contributed by atoms with Crippen molar-refractivity contribution in [1.82, 2.24) is 5.32 Å². The zero-order chi connectivity index (χ0) is 21.8. The van der Waals surface area contributed by atoms with E-state index < -0.39 is 6.10 Å². The summed E-state index contributed by atoms with van der Waals surface area (Å²) in [5.74, 6) is 0.0172. The first-order valence-electron chi connectivity index (χ1n) is 9.90. The highest BCUT2D eigenvalue weighted by molar-refractivity contribution is 5.96. The van der Waals surface area contributed by atoms with Gasteiger partial charge in [-0.25, -0.2) is 0 Å². The first kappa shape index (κ1) is 22.5. The number of carbonyl (C=O) groups excluding carboxylic acids is 2. The van der Waals surface area contributed by atoms with E-state index >= 15 is 0 Å². The molecule has 5 nitrogen and oxygen atoms in total. The van der Waals surface area contributed by atoms with E-state index in [0.717, 1.165) is 22.4 Å². The molecule has 1 atom stereocenters. The van der Waals surface area contributed by atoms with Gasteiger partial charge in [0.15, 0.2) is 6.10 Å². The summed E-state index contributed by atoms with van der Waals surface area (Å²) in [6.45, 7) is 13.9. The molecule has 2 aromatic carbocycles. The lowest BCUT2D eigenvalue weighted by Gasteiger charge is -2.20. The quantitative estimate of drug-likeness (QED) is 0.759. The molecule has 0 aromatic heterocycles. The Morgan fingerprint density at radius 2 is 1.55 bits per heavy atom. The third-order valence-corrected chi connectivity index (χ3v) is 4.77. The van der Waals surface area contributed by atoms with E-state index in [9.17, 15) is 9.59 Å². The number of anilines is 1. The van der Waals surface area contributed by atoms with Crippen LogP contribution in [0.25, 0.3) is 0 Å². The van der Waals surface area contributed by atoms with Gasteiger partial charge in [0, 0.05) is 5.69 Å². The number of rotatable bonds is 6. The molecule has 0 aliphatic rings. The molecule has 5 heteroatoms. The highest BCUT2D eigenvalue weighted by atomic mass is 16.5. The monoisotopic (exact) mass is 396 g/mol. The van der Waals surface area contributed by atoms with Crippen molar-refractivity contribution >= 4 is 17.5 Å². The second-order valence-corrected chi connectivity index (χ2v) is 8.57. The van der Waals surface area contributed by atoms with E-state index in [-0.39, 0.29) is 23.8 Å². The molecule has 2 aromatic rings. The van der Waals surface area contributed by atoms with Gasteiger partial charge in [0.25, 0.3) is 5.91 Å². The van der Waals surface area contributed by atoms with E-state index in [1.54, 1.807) is 6.92 Å². The fourth-order valence-electron chi connectivity index (χ4n) is 3.16. The predicted molar refractivity (Wildman–Crippen MR) is 118 cm³/mol. The number of carbonyl (C=O) groups is 2. The lowest BCUT2D eigenvalue weighted by Crippen LogP contribution is -2.40. The Morgan fingerprint density at radius 1 is 1.00 bits per heavy atom. The SMILES string of the molecule is Cc1cc(C)c(NC(=O)CNC(=O)C(C)Oc2ccc(C(C)(C)C)cc2)c(C)c1. The number of hydrogen-bond donors (Lipinski definition) is 2. The fraction of sp³-hybridized carbons (Fsp3) is 0.417. The molecule has 0 aliphatic carbocycles. The molecule has 2 rings (SSSR count). The first-order valence-corrected chi connectivity index (χ1v) is 9.90. The van der Waals surface area contributed by atoms with Crippen LogP contribution in [0, 0.1) is 20.8 Å². The maximum atomic E-state index is 12.3. The number of ether oxygens (including phenoxy) is 1. The average Bonchev–Trinajstić information content (AvgIpc) is 2.62. The Hall–Kier alpha value is -2.82. The minimum absolute atomic E-state index is 0.0586. The number of nitrogens with one attached hydrogen (secondary N) is 2.